The first-order valence-corrected chi connectivity index (χ1v) is 7.09. The number of hydrogen-bond acceptors (Lipinski definition) is 4. The standard InChI is InChI=1S/C14H23NO5/c1-13(2,3)20-12(18)15-7-4-5-14(15)6-8-19-10(9-14)11(16)17/h10H,4-9H2,1-3H3,(H,16,17). The minimum atomic E-state index is -0.958. The van der Waals surface area contributed by atoms with Crippen molar-refractivity contribution < 1.29 is 24.2 Å². The fourth-order valence-electron chi connectivity index (χ4n) is 3.07. The van der Waals surface area contributed by atoms with Gasteiger partial charge in [0.15, 0.2) is 6.10 Å². The lowest BCUT2D eigenvalue weighted by atomic mass is 9.84. The Labute approximate surface area is 119 Å². The lowest BCUT2D eigenvalue weighted by Gasteiger charge is -2.43. The number of nitrogens with zero attached hydrogens (tertiary/aromatic N) is 1. The molecule has 0 saturated carbocycles. The van der Waals surface area contributed by atoms with Gasteiger partial charge in [-0.2, -0.15) is 0 Å². The molecular weight excluding hydrogens is 262 g/mol. The van der Waals surface area contributed by atoms with Crippen LogP contribution in [0.25, 0.3) is 0 Å². The van der Waals surface area contributed by atoms with E-state index in [4.69, 9.17) is 14.6 Å². The predicted octanol–water partition coefficient (Wildman–Crippen LogP) is 2.02. The highest BCUT2D eigenvalue weighted by molar-refractivity contribution is 5.73. The summed E-state index contributed by atoms with van der Waals surface area (Å²) < 4.78 is 10.7. The van der Waals surface area contributed by atoms with Crippen molar-refractivity contribution in [3.05, 3.63) is 0 Å². The Morgan fingerprint density at radius 2 is 2.05 bits per heavy atom. The molecule has 114 valence electrons. The van der Waals surface area contributed by atoms with Crippen molar-refractivity contribution in [3.63, 3.8) is 0 Å². The number of ether oxygens (including phenoxy) is 2. The third-order valence-corrected chi connectivity index (χ3v) is 3.94. The number of rotatable bonds is 1. The van der Waals surface area contributed by atoms with Crippen LogP contribution in [-0.4, -0.2) is 52.5 Å². The Hall–Kier alpha value is -1.30. The molecule has 2 unspecified atom stereocenters. The van der Waals surface area contributed by atoms with Crippen molar-refractivity contribution >= 4 is 12.1 Å². The van der Waals surface area contributed by atoms with Gasteiger partial charge in [-0.1, -0.05) is 0 Å². The van der Waals surface area contributed by atoms with Crippen LogP contribution in [-0.2, 0) is 14.3 Å². The van der Waals surface area contributed by atoms with Gasteiger partial charge in [0.1, 0.15) is 5.60 Å². The number of carboxylic acids is 1. The number of carboxylic acid groups (broad SMARTS) is 1. The second kappa shape index (κ2) is 5.24. The van der Waals surface area contributed by atoms with E-state index in [1.807, 2.05) is 20.8 Å². The smallest absolute Gasteiger partial charge is 0.410 e. The molecular formula is C14H23NO5. The summed E-state index contributed by atoms with van der Waals surface area (Å²) >= 11 is 0. The highest BCUT2D eigenvalue weighted by Crippen LogP contribution is 2.40. The van der Waals surface area contributed by atoms with Gasteiger partial charge in [0.2, 0.25) is 0 Å². The fraction of sp³-hybridized carbons (Fsp3) is 0.857. The topological polar surface area (TPSA) is 76.1 Å². The molecule has 0 aromatic rings. The number of likely N-dealkylation sites (tertiary alicyclic amines) is 1. The number of aliphatic carboxylic acids is 1. The first kappa shape index (κ1) is 15.1. The Morgan fingerprint density at radius 3 is 2.65 bits per heavy atom. The number of amides is 1. The van der Waals surface area contributed by atoms with Crippen LogP contribution in [0.1, 0.15) is 46.5 Å². The van der Waals surface area contributed by atoms with E-state index >= 15 is 0 Å². The summed E-state index contributed by atoms with van der Waals surface area (Å²) in [7, 11) is 0. The molecule has 2 fully saturated rings. The molecule has 2 heterocycles. The maximum atomic E-state index is 12.3. The monoisotopic (exact) mass is 285 g/mol. The van der Waals surface area contributed by atoms with Gasteiger partial charge in [-0.25, -0.2) is 9.59 Å². The molecule has 2 aliphatic rings. The van der Waals surface area contributed by atoms with Crippen LogP contribution >= 0.6 is 0 Å². The van der Waals surface area contributed by atoms with Crippen molar-refractivity contribution in [2.75, 3.05) is 13.2 Å². The van der Waals surface area contributed by atoms with Gasteiger partial charge in [0.05, 0.1) is 5.54 Å². The van der Waals surface area contributed by atoms with Gasteiger partial charge in [0, 0.05) is 19.6 Å². The molecule has 2 rings (SSSR count). The summed E-state index contributed by atoms with van der Waals surface area (Å²) in [5.74, 6) is -0.958. The van der Waals surface area contributed by atoms with Crippen LogP contribution < -0.4 is 0 Å². The summed E-state index contributed by atoms with van der Waals surface area (Å²) in [6.07, 6.45) is 1.55. The summed E-state index contributed by atoms with van der Waals surface area (Å²) in [6, 6.07) is 0. The fourth-order valence-corrected chi connectivity index (χ4v) is 3.07. The Bertz CT molecular complexity index is 403. The Morgan fingerprint density at radius 1 is 1.35 bits per heavy atom. The molecule has 6 nitrogen and oxygen atoms in total. The van der Waals surface area contributed by atoms with Crippen molar-refractivity contribution in [1.82, 2.24) is 4.90 Å². The Balaban J connectivity index is 2.13. The van der Waals surface area contributed by atoms with Crippen LogP contribution in [0.15, 0.2) is 0 Å². The number of carbonyl (C=O) groups excluding carboxylic acids is 1. The van der Waals surface area contributed by atoms with Gasteiger partial charge in [-0.3, -0.25) is 0 Å². The summed E-state index contributed by atoms with van der Waals surface area (Å²) in [5.41, 5.74) is -0.956. The first-order valence-electron chi connectivity index (χ1n) is 7.09. The van der Waals surface area contributed by atoms with Crippen LogP contribution in [0.5, 0.6) is 0 Å². The molecule has 1 spiro atoms. The summed E-state index contributed by atoms with van der Waals surface area (Å²) in [6.45, 7) is 6.49. The van der Waals surface area contributed by atoms with Crippen molar-refractivity contribution in [2.24, 2.45) is 0 Å². The third-order valence-electron chi connectivity index (χ3n) is 3.94. The first-order chi connectivity index (χ1) is 9.23. The van der Waals surface area contributed by atoms with Crippen LogP contribution in [0.3, 0.4) is 0 Å². The normalized spacial score (nSPS) is 30.6. The van der Waals surface area contributed by atoms with Gasteiger partial charge in [0.25, 0.3) is 0 Å². The highest BCUT2D eigenvalue weighted by Gasteiger charge is 2.49. The van der Waals surface area contributed by atoms with Crippen molar-refractivity contribution in [1.29, 1.82) is 0 Å². The quantitative estimate of drug-likeness (QED) is 0.797. The molecule has 1 amide bonds. The van der Waals surface area contributed by atoms with E-state index in [1.54, 1.807) is 4.90 Å². The van der Waals surface area contributed by atoms with Crippen LogP contribution in [0.2, 0.25) is 0 Å². The highest BCUT2D eigenvalue weighted by atomic mass is 16.6. The molecule has 2 aliphatic heterocycles. The zero-order valence-electron chi connectivity index (χ0n) is 12.3. The zero-order chi connectivity index (χ0) is 15.0. The molecule has 2 saturated heterocycles. The minimum Gasteiger partial charge on any atom is -0.479 e. The number of carbonyl (C=O) groups is 2. The van der Waals surface area contributed by atoms with Crippen LogP contribution in [0.4, 0.5) is 4.79 Å². The van der Waals surface area contributed by atoms with E-state index in [1.165, 1.54) is 0 Å². The van der Waals surface area contributed by atoms with E-state index < -0.39 is 23.2 Å². The average molecular weight is 285 g/mol. The van der Waals surface area contributed by atoms with Crippen molar-refractivity contribution in [2.45, 2.75) is 63.7 Å². The molecule has 20 heavy (non-hydrogen) atoms. The van der Waals surface area contributed by atoms with E-state index in [0.29, 0.717) is 26.0 Å². The molecule has 0 aromatic carbocycles. The van der Waals surface area contributed by atoms with Crippen LogP contribution in [0, 0.1) is 0 Å². The van der Waals surface area contributed by atoms with E-state index in [-0.39, 0.29) is 6.09 Å². The second-order valence-corrected chi connectivity index (χ2v) is 6.61. The number of hydrogen-bond donors (Lipinski definition) is 1. The lowest BCUT2D eigenvalue weighted by Crippen LogP contribution is -2.55. The lowest BCUT2D eigenvalue weighted by molar-refractivity contribution is -0.158. The minimum absolute atomic E-state index is 0.346. The molecule has 0 bridgehead atoms. The van der Waals surface area contributed by atoms with E-state index in [9.17, 15) is 9.59 Å². The molecule has 0 radical (unpaired) electrons. The van der Waals surface area contributed by atoms with Gasteiger partial charge >= 0.3 is 12.1 Å². The SMILES string of the molecule is CC(C)(C)OC(=O)N1CCCC12CCOC(C(=O)O)C2. The van der Waals surface area contributed by atoms with Gasteiger partial charge in [-0.05, 0) is 40.0 Å². The van der Waals surface area contributed by atoms with E-state index in [2.05, 4.69) is 0 Å². The molecule has 0 aromatic heterocycles. The van der Waals surface area contributed by atoms with Crippen molar-refractivity contribution in [3.8, 4) is 0 Å². The van der Waals surface area contributed by atoms with Gasteiger partial charge in [-0.15, -0.1) is 0 Å². The predicted molar refractivity (Wildman–Crippen MR) is 71.5 cm³/mol. The zero-order valence-corrected chi connectivity index (χ0v) is 12.3. The summed E-state index contributed by atoms with van der Waals surface area (Å²) in [4.78, 5) is 25.2. The molecule has 6 heteroatoms. The average Bonchev–Trinajstić information content (AvgIpc) is 2.70. The third kappa shape index (κ3) is 3.06. The Kier molecular flexibility index (Phi) is 3.95. The summed E-state index contributed by atoms with van der Waals surface area (Å²) in [5, 5.41) is 9.13. The van der Waals surface area contributed by atoms with E-state index in [0.717, 1.165) is 12.8 Å². The maximum absolute atomic E-state index is 12.3. The molecule has 0 aliphatic carbocycles. The largest absolute Gasteiger partial charge is 0.479 e. The second-order valence-electron chi connectivity index (χ2n) is 6.61. The maximum Gasteiger partial charge on any atom is 0.410 e. The molecule has 2 atom stereocenters. The van der Waals surface area contributed by atoms with Gasteiger partial charge < -0.3 is 19.5 Å². The molecule has 1 N–H and O–H groups in total.